The number of alkyl halides is 3. The van der Waals surface area contributed by atoms with Crippen LogP contribution < -0.4 is 0 Å². The van der Waals surface area contributed by atoms with Crippen molar-refractivity contribution in [3.63, 3.8) is 0 Å². The van der Waals surface area contributed by atoms with Crippen LogP contribution in [0.4, 0.5) is 13.2 Å². The molecule has 4 heterocycles. The number of halogens is 3. The second kappa shape index (κ2) is 22.9. The fraction of sp³-hybridized carbons (Fsp3) is 0.800. The lowest BCUT2D eigenvalue weighted by molar-refractivity contribution is -0.118. The molecular formula is C50H94F3N5. The van der Waals surface area contributed by atoms with Crippen LogP contribution in [0.5, 0.6) is 0 Å². The van der Waals surface area contributed by atoms with Crippen LogP contribution in [0.25, 0.3) is 0 Å². The molecule has 0 bridgehead atoms. The van der Waals surface area contributed by atoms with E-state index in [0.29, 0.717) is 29.3 Å². The van der Waals surface area contributed by atoms with Gasteiger partial charge in [-0.15, -0.1) is 0 Å². The third-order valence-corrected chi connectivity index (χ3v) is 9.74. The van der Waals surface area contributed by atoms with Gasteiger partial charge >= 0.3 is 0 Å². The van der Waals surface area contributed by atoms with E-state index in [1.54, 1.807) is 4.90 Å². The van der Waals surface area contributed by atoms with Gasteiger partial charge in [0.15, 0.2) is 0 Å². The molecule has 0 aromatic carbocycles. The molecule has 8 heteroatoms. The minimum Gasteiger partial charge on any atom is -0.381 e. The maximum absolute atomic E-state index is 12.5. The third-order valence-electron chi connectivity index (χ3n) is 9.74. The Bertz CT molecular complexity index is 1270. The average Bonchev–Trinajstić information content (AvgIpc) is 3.45. The maximum atomic E-state index is 12.5. The molecule has 0 radical (unpaired) electrons. The van der Waals surface area contributed by atoms with Crippen LogP contribution in [-0.4, -0.2) is 103 Å². The van der Waals surface area contributed by atoms with Crippen LogP contribution in [0.15, 0.2) is 61.4 Å². The minimum absolute atomic E-state index is 0.127. The number of rotatable bonds is 10. The predicted octanol–water partition coefficient (Wildman–Crippen LogP) is 13.6. The molecule has 4 aliphatic heterocycles. The lowest BCUT2D eigenvalue weighted by Crippen LogP contribution is -2.55. The van der Waals surface area contributed by atoms with Crippen molar-refractivity contribution in [3.8, 4) is 0 Å². The van der Waals surface area contributed by atoms with Crippen LogP contribution in [0.2, 0.25) is 0 Å². The molecule has 0 aliphatic carbocycles. The molecule has 4 aliphatic rings. The van der Waals surface area contributed by atoms with Crippen molar-refractivity contribution in [2.24, 2.45) is 27.1 Å². The first-order valence-electron chi connectivity index (χ1n) is 22.0. The summed E-state index contributed by atoms with van der Waals surface area (Å²) in [7, 11) is 4.07. The van der Waals surface area contributed by atoms with E-state index in [2.05, 4.69) is 151 Å². The molecule has 5 nitrogen and oxygen atoms in total. The van der Waals surface area contributed by atoms with Gasteiger partial charge in [-0.05, 0) is 78.4 Å². The molecule has 58 heavy (non-hydrogen) atoms. The molecule has 0 atom stereocenters. The highest BCUT2D eigenvalue weighted by Gasteiger charge is 2.44. The van der Waals surface area contributed by atoms with Gasteiger partial charge in [-0.25, -0.2) is 13.2 Å². The number of nitrogens with zero attached hydrogens (tertiary/aromatic N) is 5. The van der Waals surface area contributed by atoms with Gasteiger partial charge in [-0.1, -0.05) is 137 Å². The SMILES string of the molecule is C=C(CC(C)(C)C)N(C)C.C=C(CC(C)(C)C)N1CC(F)(F)C1.C=C(CC(C)(C)C)N1CC(F)C1.C=C(CC(C)(C)C)N1CCC1.C=C(CC(C)(C)C)N1CCCC1. The number of hydrogen-bond acceptors (Lipinski definition) is 5. The van der Waals surface area contributed by atoms with E-state index in [1.807, 2.05) is 19.0 Å². The Hall–Kier alpha value is -2.51. The van der Waals surface area contributed by atoms with E-state index in [4.69, 9.17) is 0 Å². The first-order valence-corrected chi connectivity index (χ1v) is 22.0. The smallest absolute Gasteiger partial charge is 0.282 e. The fourth-order valence-corrected chi connectivity index (χ4v) is 6.75. The second-order valence-corrected chi connectivity index (χ2v) is 23.7. The lowest BCUT2D eigenvalue weighted by Gasteiger charge is -2.42. The first kappa shape index (κ1) is 55.5. The summed E-state index contributed by atoms with van der Waals surface area (Å²) in [5.74, 6) is -2.49. The molecule has 0 amide bonds. The van der Waals surface area contributed by atoms with Crippen LogP contribution in [-0.2, 0) is 0 Å². The molecule has 4 fully saturated rings. The van der Waals surface area contributed by atoms with Gasteiger partial charge in [0.1, 0.15) is 6.17 Å². The normalized spacial score (nSPS) is 17.9. The van der Waals surface area contributed by atoms with Gasteiger partial charge in [0.2, 0.25) is 0 Å². The molecule has 4 rings (SSSR count). The highest BCUT2D eigenvalue weighted by molar-refractivity contribution is 5.06. The molecule has 0 unspecified atom stereocenters. The molecule has 0 aromatic heterocycles. The molecule has 0 aromatic rings. The summed E-state index contributed by atoms with van der Waals surface area (Å²) in [5, 5.41) is 0. The average molecular weight is 822 g/mol. The summed E-state index contributed by atoms with van der Waals surface area (Å²) in [6.07, 6.45) is 8.50. The van der Waals surface area contributed by atoms with Crippen molar-refractivity contribution in [2.75, 3.05) is 66.5 Å². The van der Waals surface area contributed by atoms with Crippen molar-refractivity contribution in [1.82, 2.24) is 24.5 Å². The second-order valence-electron chi connectivity index (χ2n) is 23.7. The molecular weight excluding hydrogens is 728 g/mol. The van der Waals surface area contributed by atoms with E-state index in [-0.39, 0.29) is 23.9 Å². The molecule has 4 saturated heterocycles. The summed E-state index contributed by atoms with van der Waals surface area (Å²) < 4.78 is 37.5. The van der Waals surface area contributed by atoms with Gasteiger partial charge < -0.3 is 24.5 Å². The Kier molecular flexibility index (Phi) is 21.9. The molecule has 340 valence electrons. The fourth-order valence-electron chi connectivity index (χ4n) is 6.75. The molecule has 0 saturated carbocycles. The quantitative estimate of drug-likeness (QED) is 0.218. The van der Waals surface area contributed by atoms with Gasteiger partial charge in [0.25, 0.3) is 5.92 Å². The van der Waals surface area contributed by atoms with E-state index in [9.17, 15) is 13.2 Å². The highest BCUT2D eigenvalue weighted by Crippen LogP contribution is 2.34. The lowest BCUT2D eigenvalue weighted by atomic mass is 9.89. The first-order chi connectivity index (χ1) is 25.9. The van der Waals surface area contributed by atoms with Gasteiger partial charge in [0.05, 0.1) is 26.2 Å². The Morgan fingerprint density at radius 1 is 0.483 bits per heavy atom. The van der Waals surface area contributed by atoms with Crippen LogP contribution >= 0.6 is 0 Å². The maximum Gasteiger partial charge on any atom is 0.282 e. The Morgan fingerprint density at radius 3 is 0.966 bits per heavy atom. The Balaban J connectivity index is 0.000000702. The largest absolute Gasteiger partial charge is 0.381 e. The van der Waals surface area contributed by atoms with Gasteiger partial charge in [0, 0.05) is 68.8 Å². The van der Waals surface area contributed by atoms with Crippen molar-refractivity contribution >= 4 is 0 Å². The topological polar surface area (TPSA) is 16.2 Å². The molecule has 0 spiro atoms. The number of likely N-dealkylation sites (tertiary alicyclic amines) is 4. The van der Waals surface area contributed by atoms with Crippen molar-refractivity contribution in [3.05, 3.63) is 61.4 Å². The summed E-state index contributed by atoms with van der Waals surface area (Å²) >= 11 is 0. The summed E-state index contributed by atoms with van der Waals surface area (Å²) in [6, 6.07) is 0. The Labute approximate surface area is 358 Å². The van der Waals surface area contributed by atoms with Crippen LogP contribution in [0.1, 0.15) is 155 Å². The van der Waals surface area contributed by atoms with Gasteiger partial charge in [-0.2, -0.15) is 0 Å². The van der Waals surface area contributed by atoms with E-state index >= 15 is 0 Å². The van der Waals surface area contributed by atoms with Crippen LogP contribution in [0, 0.1) is 27.1 Å². The summed E-state index contributed by atoms with van der Waals surface area (Å²) in [4.78, 5) is 10.6. The zero-order valence-corrected chi connectivity index (χ0v) is 41.3. The molecule has 0 N–H and O–H groups in total. The minimum atomic E-state index is -2.49. The predicted molar refractivity (Wildman–Crippen MR) is 250 cm³/mol. The van der Waals surface area contributed by atoms with Crippen molar-refractivity contribution in [2.45, 2.75) is 167 Å². The zero-order valence-electron chi connectivity index (χ0n) is 41.3. The zero-order chi connectivity index (χ0) is 45.7. The van der Waals surface area contributed by atoms with E-state index in [0.717, 1.165) is 43.5 Å². The van der Waals surface area contributed by atoms with Crippen LogP contribution in [0.3, 0.4) is 0 Å². The summed E-state index contributed by atoms with van der Waals surface area (Å²) in [6.45, 7) is 58.7. The standard InChI is InChI=1S/C11H21N.C10H17F2N.C10H18FN.C10H19N.C9H19N/c1-10(9-11(2,3)4)12-7-5-6-8-12;1-8(5-9(2,3)4)13-6-10(11,12)7-13;1-8(5-10(2,3)4)12-6-9(11)7-12;1-9(8-10(2,3)4)11-6-5-7-11;1-8(10(5)6)7-9(2,3)4/h1,5-9H2,2-4H3;1,5-7H2,2-4H3;9H,1,5-7H2,2-4H3;1,5-8H2,2-4H3;1,7H2,2-6H3. The van der Waals surface area contributed by atoms with Crippen molar-refractivity contribution < 1.29 is 13.2 Å². The van der Waals surface area contributed by atoms with Gasteiger partial charge in [-0.3, -0.25) is 0 Å². The van der Waals surface area contributed by atoms with E-state index < -0.39 is 12.1 Å². The summed E-state index contributed by atoms with van der Waals surface area (Å²) in [5.41, 5.74) is 7.31. The van der Waals surface area contributed by atoms with E-state index in [1.165, 1.54) is 62.5 Å². The Morgan fingerprint density at radius 2 is 0.759 bits per heavy atom. The highest BCUT2D eigenvalue weighted by atomic mass is 19.3. The number of hydrogen-bond donors (Lipinski definition) is 0. The van der Waals surface area contributed by atoms with Crippen molar-refractivity contribution in [1.29, 1.82) is 0 Å². The number of allylic oxidation sites excluding steroid dienone is 5. The third kappa shape index (κ3) is 27.3. The monoisotopic (exact) mass is 822 g/mol.